The number of aliphatic hydroxyl groups excluding tert-OH is 4. The quantitative estimate of drug-likeness (QED) is 0.211. The lowest BCUT2D eigenvalue weighted by molar-refractivity contribution is -0.233. The molecule has 0 aromatic carbocycles. The highest BCUT2D eigenvalue weighted by molar-refractivity contribution is 8.71. The van der Waals surface area contributed by atoms with Gasteiger partial charge in [0.25, 0.3) is 0 Å². The van der Waals surface area contributed by atoms with Gasteiger partial charge < -0.3 is 35.8 Å². The molecular weight excluding hydrogens is 340 g/mol. The smallest absolute Gasteiger partial charge is 0.316 e. The van der Waals surface area contributed by atoms with Crippen LogP contribution in [0.1, 0.15) is 0 Å². The molecule has 0 aliphatic carbocycles. The Labute approximate surface area is 131 Å². The zero-order valence-corrected chi connectivity index (χ0v) is 13.4. The summed E-state index contributed by atoms with van der Waals surface area (Å²) in [4.78, 5) is 11.6. The molecule has 6 N–H and O–H groups in total. The summed E-state index contributed by atoms with van der Waals surface area (Å²) in [5.41, 5.74) is 0. The Hall–Kier alpha value is -0.630. The first-order chi connectivity index (χ1) is 10.2. The van der Waals surface area contributed by atoms with Crippen molar-refractivity contribution >= 4 is 25.7 Å². The van der Waals surface area contributed by atoms with Crippen LogP contribution in [0.4, 0.5) is 4.79 Å². The average Bonchev–Trinajstić information content (AvgIpc) is 2.43. The van der Waals surface area contributed by atoms with Crippen molar-refractivity contribution < 1.29 is 38.4 Å². The lowest BCUT2D eigenvalue weighted by atomic mass is 9.98. The van der Waals surface area contributed by atoms with Crippen LogP contribution >= 0.6 is 10.8 Å². The summed E-state index contributed by atoms with van der Waals surface area (Å²) < 4.78 is 26.8. The molecule has 0 bridgehead atoms. The number of hydrogen-bond donors (Lipinski definition) is 6. The highest BCUT2D eigenvalue weighted by atomic mass is 33.1. The Morgan fingerprint density at radius 1 is 1.23 bits per heavy atom. The largest absolute Gasteiger partial charge is 0.394 e. The summed E-state index contributed by atoms with van der Waals surface area (Å²) >= 11 is 0. The zero-order valence-electron chi connectivity index (χ0n) is 11.7. The van der Waals surface area contributed by atoms with Crippen molar-refractivity contribution in [1.82, 2.24) is 10.6 Å². The Bertz CT molecular complexity index is 472. The van der Waals surface area contributed by atoms with E-state index in [1.807, 2.05) is 0 Å². The zero-order chi connectivity index (χ0) is 16.9. The highest BCUT2D eigenvalue weighted by Gasteiger charge is 2.43. The van der Waals surface area contributed by atoms with Crippen LogP contribution in [0, 0.1) is 0 Å². The normalized spacial score (nSPS) is 32.5. The number of carbonyl (C=O) groups excluding carboxylic acids is 1. The molecule has 0 spiro atoms. The summed E-state index contributed by atoms with van der Waals surface area (Å²) in [6, 6.07) is -0.751. The summed E-state index contributed by atoms with van der Waals surface area (Å²) in [6.45, 7) is -0.545. The number of ether oxygens (including phenoxy) is 1. The van der Waals surface area contributed by atoms with Crippen LogP contribution < -0.4 is 10.6 Å². The molecule has 12 heteroatoms. The van der Waals surface area contributed by atoms with Crippen LogP contribution in [0.2, 0.25) is 0 Å². The number of carbonyl (C=O) groups is 1. The summed E-state index contributed by atoms with van der Waals surface area (Å²) in [6.07, 6.45) is -6.06. The average molecular weight is 360 g/mol. The standard InChI is InChI=1S/C10H20N2O8S2/c1-22(18,19)21-3-2-11-10(17)12-9-8(16)7(15)6(14)5(4-13)20-9/h5-9,13-16H,2-4H2,1H3,(H2,11,12,17)/t5-,6+,7+,8+,9-/m1/s1. The second-order valence-electron chi connectivity index (χ2n) is 4.68. The Morgan fingerprint density at radius 2 is 1.86 bits per heavy atom. The third-order valence-corrected chi connectivity index (χ3v) is 5.43. The second kappa shape index (κ2) is 8.29. The minimum atomic E-state index is -3.19. The van der Waals surface area contributed by atoms with Gasteiger partial charge in [-0.1, -0.05) is 0 Å². The number of nitrogens with one attached hydrogen (secondary N) is 2. The van der Waals surface area contributed by atoms with Gasteiger partial charge in [-0.05, 0) is 10.8 Å². The number of hydrogen-bond acceptors (Lipinski definition) is 9. The van der Waals surface area contributed by atoms with Gasteiger partial charge in [0.05, 0.1) is 6.61 Å². The monoisotopic (exact) mass is 360 g/mol. The van der Waals surface area contributed by atoms with Crippen molar-refractivity contribution in [2.45, 2.75) is 30.6 Å². The third-order valence-electron chi connectivity index (χ3n) is 2.85. The van der Waals surface area contributed by atoms with Crippen LogP contribution in [0.3, 0.4) is 0 Å². The maximum Gasteiger partial charge on any atom is 0.316 e. The maximum absolute atomic E-state index is 11.6. The van der Waals surface area contributed by atoms with Crippen molar-refractivity contribution in [3.63, 3.8) is 0 Å². The molecule has 1 heterocycles. The molecule has 0 radical (unpaired) electrons. The molecule has 1 rings (SSSR count). The van der Waals surface area contributed by atoms with E-state index in [1.165, 1.54) is 0 Å². The first kappa shape index (κ1) is 19.4. The van der Waals surface area contributed by atoms with Gasteiger partial charge in [0.2, 0.25) is 0 Å². The van der Waals surface area contributed by atoms with E-state index >= 15 is 0 Å². The fourth-order valence-corrected chi connectivity index (χ4v) is 3.41. The molecule has 1 aliphatic heterocycles. The maximum atomic E-state index is 11.6. The molecule has 130 valence electrons. The van der Waals surface area contributed by atoms with Crippen LogP contribution in [0.5, 0.6) is 0 Å². The molecule has 2 amide bonds. The van der Waals surface area contributed by atoms with E-state index in [0.717, 1.165) is 6.26 Å². The van der Waals surface area contributed by atoms with Gasteiger partial charge in [-0.25, -0.2) is 13.2 Å². The minimum absolute atomic E-state index is 0.0565. The van der Waals surface area contributed by atoms with Crippen molar-refractivity contribution in [3.05, 3.63) is 0 Å². The van der Waals surface area contributed by atoms with Gasteiger partial charge in [0.1, 0.15) is 24.4 Å². The van der Waals surface area contributed by atoms with Gasteiger partial charge in [-0.3, -0.25) is 0 Å². The van der Waals surface area contributed by atoms with E-state index in [1.54, 1.807) is 0 Å². The number of aliphatic hydroxyl groups is 4. The highest BCUT2D eigenvalue weighted by Crippen LogP contribution is 2.19. The summed E-state index contributed by atoms with van der Waals surface area (Å²) in [5, 5.41) is 42.4. The molecule has 10 nitrogen and oxygen atoms in total. The first-order valence-corrected chi connectivity index (χ1v) is 9.74. The van der Waals surface area contributed by atoms with Crippen molar-refractivity contribution in [3.8, 4) is 0 Å². The Balaban J connectivity index is 2.42. The van der Waals surface area contributed by atoms with Crippen LogP contribution in [-0.2, 0) is 13.6 Å². The third kappa shape index (κ3) is 5.87. The SMILES string of the molecule is CS(=O)(=O)SCCNC(=O)N[C@@H]1O[C@H](CO)[C@H](O)[C@H](O)[C@@H]1O. The molecular formula is C10H20N2O8S2. The second-order valence-corrected chi connectivity index (χ2v) is 9.25. The minimum Gasteiger partial charge on any atom is -0.394 e. The van der Waals surface area contributed by atoms with Crippen molar-refractivity contribution in [1.29, 1.82) is 0 Å². The fourth-order valence-electron chi connectivity index (χ4n) is 1.76. The summed E-state index contributed by atoms with van der Waals surface area (Å²) in [5.74, 6) is 0.140. The van der Waals surface area contributed by atoms with E-state index < -0.39 is 52.2 Å². The van der Waals surface area contributed by atoms with Gasteiger partial charge in [0, 0.05) is 18.6 Å². The topological polar surface area (TPSA) is 165 Å². The summed E-state index contributed by atoms with van der Waals surface area (Å²) in [7, 11) is -2.52. The molecule has 0 saturated carbocycles. The molecule has 0 aromatic rings. The molecule has 1 saturated heterocycles. The van der Waals surface area contributed by atoms with Crippen molar-refractivity contribution in [2.24, 2.45) is 0 Å². The van der Waals surface area contributed by atoms with Gasteiger partial charge in [-0.15, -0.1) is 0 Å². The Morgan fingerprint density at radius 3 is 2.41 bits per heavy atom. The lowest BCUT2D eigenvalue weighted by Gasteiger charge is -2.40. The van der Waals surface area contributed by atoms with E-state index in [2.05, 4.69) is 10.6 Å². The molecule has 5 atom stereocenters. The molecule has 22 heavy (non-hydrogen) atoms. The number of rotatable bonds is 6. The molecule has 0 unspecified atom stereocenters. The molecule has 0 aromatic heterocycles. The number of urea groups is 1. The number of amides is 2. The van der Waals surface area contributed by atoms with E-state index in [-0.39, 0.29) is 12.3 Å². The fraction of sp³-hybridized carbons (Fsp3) is 0.900. The first-order valence-electron chi connectivity index (χ1n) is 6.35. The van der Waals surface area contributed by atoms with E-state index in [9.17, 15) is 28.5 Å². The van der Waals surface area contributed by atoms with Gasteiger partial charge >= 0.3 is 6.03 Å². The predicted octanol–water partition coefficient (Wildman–Crippen LogP) is -3.22. The lowest BCUT2D eigenvalue weighted by Crippen LogP contribution is -2.64. The molecule has 1 fully saturated rings. The molecule has 1 aliphatic rings. The van der Waals surface area contributed by atoms with Gasteiger partial charge in [-0.2, -0.15) is 0 Å². The van der Waals surface area contributed by atoms with E-state index in [0.29, 0.717) is 10.8 Å². The van der Waals surface area contributed by atoms with Gasteiger partial charge in [0.15, 0.2) is 15.1 Å². The predicted molar refractivity (Wildman–Crippen MR) is 77.6 cm³/mol. The van der Waals surface area contributed by atoms with Crippen LogP contribution in [-0.4, -0.2) is 90.7 Å². The van der Waals surface area contributed by atoms with Crippen molar-refractivity contribution in [2.75, 3.05) is 25.2 Å². The Kier molecular flexibility index (Phi) is 7.31. The van der Waals surface area contributed by atoms with E-state index in [4.69, 9.17) is 9.84 Å². The van der Waals surface area contributed by atoms with Crippen LogP contribution in [0.15, 0.2) is 0 Å². The van der Waals surface area contributed by atoms with Crippen LogP contribution in [0.25, 0.3) is 0 Å².